The van der Waals surface area contributed by atoms with Crippen molar-refractivity contribution in [3.63, 3.8) is 0 Å². The van der Waals surface area contributed by atoms with Gasteiger partial charge in [0.05, 0.1) is 6.54 Å². The fourth-order valence-corrected chi connectivity index (χ4v) is 0.929. The fourth-order valence-electron chi connectivity index (χ4n) is 0.755. The van der Waals surface area contributed by atoms with Crippen LogP contribution >= 0.6 is 12.2 Å². The van der Waals surface area contributed by atoms with Crippen LogP contribution in [0, 0.1) is 0 Å². The number of hydrogen-bond acceptors (Lipinski definition) is 2. The maximum atomic E-state index is 11.2. The van der Waals surface area contributed by atoms with E-state index in [0.717, 1.165) is 19.4 Å². The van der Waals surface area contributed by atoms with Crippen molar-refractivity contribution < 1.29 is 4.79 Å². The number of carbonyl (C=O) groups excluding carboxylic acids is 1. The van der Waals surface area contributed by atoms with Gasteiger partial charge >= 0.3 is 0 Å². The van der Waals surface area contributed by atoms with Crippen molar-refractivity contribution in [1.82, 2.24) is 15.5 Å². The highest BCUT2D eigenvalue weighted by Crippen LogP contribution is 1.82. The standard InChI is InChI=1S/C9H19N3OS/c1-4-5-6-10-9(14)11-7-8(13)12(2)3/h4-7H2,1-3H3,(H2,10,11,14). The molecule has 0 unspecified atom stereocenters. The van der Waals surface area contributed by atoms with Crippen LogP contribution in [0.3, 0.4) is 0 Å². The lowest BCUT2D eigenvalue weighted by atomic mass is 10.3. The van der Waals surface area contributed by atoms with Gasteiger partial charge in [0.1, 0.15) is 0 Å². The zero-order valence-electron chi connectivity index (χ0n) is 9.09. The Morgan fingerprint density at radius 2 is 2.00 bits per heavy atom. The van der Waals surface area contributed by atoms with Crippen LogP contribution in [-0.4, -0.2) is 43.1 Å². The molecule has 0 saturated carbocycles. The molecule has 0 bridgehead atoms. The van der Waals surface area contributed by atoms with Gasteiger partial charge in [0.2, 0.25) is 5.91 Å². The van der Waals surface area contributed by atoms with Crippen molar-refractivity contribution in [3.05, 3.63) is 0 Å². The minimum Gasteiger partial charge on any atom is -0.363 e. The Bertz CT molecular complexity index is 194. The van der Waals surface area contributed by atoms with E-state index in [0.29, 0.717) is 5.11 Å². The van der Waals surface area contributed by atoms with E-state index in [9.17, 15) is 4.79 Å². The first-order chi connectivity index (χ1) is 6.57. The van der Waals surface area contributed by atoms with Crippen molar-refractivity contribution in [2.75, 3.05) is 27.2 Å². The predicted octanol–water partition coefficient (Wildman–Crippen LogP) is 0.339. The first-order valence-electron chi connectivity index (χ1n) is 4.79. The number of nitrogens with zero attached hydrogens (tertiary/aromatic N) is 1. The van der Waals surface area contributed by atoms with Crippen molar-refractivity contribution in [2.45, 2.75) is 19.8 Å². The summed E-state index contributed by atoms with van der Waals surface area (Å²) in [5.41, 5.74) is 0. The highest BCUT2D eigenvalue weighted by Gasteiger charge is 2.03. The van der Waals surface area contributed by atoms with E-state index in [4.69, 9.17) is 12.2 Å². The molecular weight excluding hydrogens is 198 g/mol. The maximum absolute atomic E-state index is 11.2. The molecule has 0 aromatic heterocycles. The van der Waals surface area contributed by atoms with E-state index in [1.807, 2.05) is 0 Å². The SMILES string of the molecule is CCCCNC(=S)NCC(=O)N(C)C. The lowest BCUT2D eigenvalue weighted by molar-refractivity contribution is -0.127. The molecule has 0 spiro atoms. The minimum atomic E-state index is 0.0182. The smallest absolute Gasteiger partial charge is 0.241 e. The summed E-state index contributed by atoms with van der Waals surface area (Å²) in [6, 6.07) is 0. The van der Waals surface area contributed by atoms with E-state index in [1.54, 1.807) is 14.1 Å². The summed E-state index contributed by atoms with van der Waals surface area (Å²) in [5, 5.41) is 6.43. The molecule has 0 aliphatic heterocycles. The molecule has 0 aromatic carbocycles. The van der Waals surface area contributed by atoms with Crippen LogP contribution in [0.25, 0.3) is 0 Å². The third-order valence-electron chi connectivity index (χ3n) is 1.71. The third-order valence-corrected chi connectivity index (χ3v) is 2.00. The van der Waals surface area contributed by atoms with Gasteiger partial charge < -0.3 is 15.5 Å². The molecule has 5 heteroatoms. The van der Waals surface area contributed by atoms with Crippen LogP contribution < -0.4 is 10.6 Å². The Morgan fingerprint density at radius 1 is 1.36 bits per heavy atom. The van der Waals surface area contributed by atoms with Crippen LogP contribution in [0.15, 0.2) is 0 Å². The number of likely N-dealkylation sites (N-methyl/N-ethyl adjacent to an activating group) is 1. The number of carbonyl (C=O) groups is 1. The number of rotatable bonds is 5. The van der Waals surface area contributed by atoms with Crippen molar-refractivity contribution in [3.8, 4) is 0 Å². The quantitative estimate of drug-likeness (QED) is 0.515. The highest BCUT2D eigenvalue weighted by atomic mass is 32.1. The van der Waals surface area contributed by atoms with Gasteiger partial charge in [-0.25, -0.2) is 0 Å². The Hall–Kier alpha value is -0.840. The number of hydrogen-bond donors (Lipinski definition) is 2. The molecule has 4 nitrogen and oxygen atoms in total. The second-order valence-corrected chi connectivity index (χ2v) is 3.66. The molecule has 0 fully saturated rings. The number of unbranched alkanes of at least 4 members (excludes halogenated alkanes) is 1. The molecule has 0 aliphatic carbocycles. The summed E-state index contributed by atoms with van der Waals surface area (Å²) in [6.45, 7) is 3.23. The van der Waals surface area contributed by atoms with Gasteiger partial charge in [0.15, 0.2) is 5.11 Å². The molecule has 0 heterocycles. The van der Waals surface area contributed by atoms with E-state index in [2.05, 4.69) is 17.6 Å². The summed E-state index contributed by atoms with van der Waals surface area (Å²) < 4.78 is 0. The van der Waals surface area contributed by atoms with Crippen LogP contribution in [0.2, 0.25) is 0 Å². The normalized spacial score (nSPS) is 9.36. The summed E-state index contributed by atoms with van der Waals surface area (Å²) >= 11 is 4.98. The maximum Gasteiger partial charge on any atom is 0.241 e. The zero-order valence-corrected chi connectivity index (χ0v) is 9.91. The van der Waals surface area contributed by atoms with E-state index >= 15 is 0 Å². The Labute approximate surface area is 91.0 Å². The van der Waals surface area contributed by atoms with Gasteiger partial charge in [-0.05, 0) is 18.6 Å². The second-order valence-electron chi connectivity index (χ2n) is 3.25. The van der Waals surface area contributed by atoms with Crippen LogP contribution in [-0.2, 0) is 4.79 Å². The lowest BCUT2D eigenvalue weighted by Crippen LogP contribution is -2.41. The van der Waals surface area contributed by atoms with E-state index < -0.39 is 0 Å². The van der Waals surface area contributed by atoms with Gasteiger partial charge in [0, 0.05) is 20.6 Å². The minimum absolute atomic E-state index is 0.0182. The average molecular weight is 217 g/mol. The van der Waals surface area contributed by atoms with E-state index in [1.165, 1.54) is 4.90 Å². The molecule has 82 valence electrons. The fraction of sp³-hybridized carbons (Fsp3) is 0.778. The van der Waals surface area contributed by atoms with Crippen LogP contribution in [0.1, 0.15) is 19.8 Å². The summed E-state index contributed by atoms with van der Waals surface area (Å²) in [7, 11) is 3.44. The molecule has 0 aliphatic rings. The first-order valence-corrected chi connectivity index (χ1v) is 5.20. The lowest BCUT2D eigenvalue weighted by Gasteiger charge is -2.13. The summed E-state index contributed by atoms with van der Waals surface area (Å²) in [5.74, 6) is 0.0182. The molecule has 0 rings (SSSR count). The zero-order chi connectivity index (χ0) is 11.0. The molecule has 2 N–H and O–H groups in total. The van der Waals surface area contributed by atoms with Crippen LogP contribution in [0.5, 0.6) is 0 Å². The Kier molecular flexibility index (Phi) is 7.10. The number of thiocarbonyl (C=S) groups is 1. The Balaban J connectivity index is 3.49. The first kappa shape index (κ1) is 13.2. The summed E-state index contributed by atoms with van der Waals surface area (Å²) in [6.07, 6.45) is 2.22. The Morgan fingerprint density at radius 3 is 2.50 bits per heavy atom. The highest BCUT2D eigenvalue weighted by molar-refractivity contribution is 7.80. The van der Waals surface area contributed by atoms with Crippen LogP contribution in [0.4, 0.5) is 0 Å². The molecule has 0 radical (unpaired) electrons. The largest absolute Gasteiger partial charge is 0.363 e. The van der Waals surface area contributed by atoms with Crippen molar-refractivity contribution >= 4 is 23.2 Å². The molecule has 0 aromatic rings. The average Bonchev–Trinajstić information content (AvgIpc) is 2.14. The molecule has 0 saturated heterocycles. The number of amides is 1. The van der Waals surface area contributed by atoms with Gasteiger partial charge in [-0.2, -0.15) is 0 Å². The van der Waals surface area contributed by atoms with Gasteiger partial charge in [-0.3, -0.25) is 4.79 Å². The summed E-state index contributed by atoms with van der Waals surface area (Å²) in [4.78, 5) is 12.7. The molecule has 0 atom stereocenters. The monoisotopic (exact) mass is 217 g/mol. The third kappa shape index (κ3) is 6.65. The van der Waals surface area contributed by atoms with Crippen molar-refractivity contribution in [1.29, 1.82) is 0 Å². The van der Waals surface area contributed by atoms with Crippen molar-refractivity contribution in [2.24, 2.45) is 0 Å². The molecular formula is C9H19N3OS. The predicted molar refractivity (Wildman–Crippen MR) is 62.2 cm³/mol. The van der Waals surface area contributed by atoms with Gasteiger partial charge in [-0.15, -0.1) is 0 Å². The molecule has 14 heavy (non-hydrogen) atoms. The number of nitrogens with one attached hydrogen (secondary N) is 2. The molecule has 1 amide bonds. The van der Waals surface area contributed by atoms with Gasteiger partial charge in [-0.1, -0.05) is 13.3 Å². The van der Waals surface area contributed by atoms with E-state index in [-0.39, 0.29) is 12.5 Å². The van der Waals surface area contributed by atoms with Gasteiger partial charge in [0.25, 0.3) is 0 Å². The topological polar surface area (TPSA) is 44.4 Å². The second kappa shape index (κ2) is 7.55.